The van der Waals surface area contributed by atoms with Gasteiger partial charge in [-0.2, -0.15) is 9.80 Å². The molecule has 0 radical (unpaired) electrons. The fraction of sp³-hybridized carbons (Fsp3) is 0.0385. The van der Waals surface area contributed by atoms with E-state index >= 15 is 0 Å². The van der Waals surface area contributed by atoms with E-state index in [4.69, 9.17) is 9.84 Å². The monoisotopic (exact) mass is 542 g/mol. The Morgan fingerprint density at radius 2 is 1.69 bits per heavy atom. The lowest BCUT2D eigenvalue weighted by Gasteiger charge is -2.01. The van der Waals surface area contributed by atoms with Crippen LogP contribution in [0.25, 0.3) is 27.6 Å². The lowest BCUT2D eigenvalue weighted by atomic mass is 10.1. The van der Waals surface area contributed by atoms with Gasteiger partial charge < -0.3 is 9.84 Å². The number of benzene rings is 3. The molecule has 0 spiro atoms. The number of thiazole rings is 1. The fourth-order valence-electron chi connectivity index (χ4n) is 3.65. The van der Waals surface area contributed by atoms with Crippen molar-refractivity contribution in [1.82, 2.24) is 14.8 Å². The molecule has 0 atom stereocenters. The molecule has 2 aromatic heterocycles. The van der Waals surface area contributed by atoms with Gasteiger partial charge in [0.15, 0.2) is 5.69 Å². The Morgan fingerprint density at radius 1 is 1.03 bits per heavy atom. The normalized spacial score (nSPS) is 11.1. The zero-order valence-corrected chi connectivity index (χ0v) is 21.0. The van der Waals surface area contributed by atoms with Gasteiger partial charge in [0.05, 0.1) is 34.7 Å². The minimum Gasteiger partial charge on any atom is -0.497 e. The summed E-state index contributed by atoms with van der Waals surface area (Å²) in [4.78, 5) is 39.8. The number of carboxylic acids is 1. The van der Waals surface area contributed by atoms with Crippen LogP contribution in [0.4, 0.5) is 17.1 Å². The minimum absolute atomic E-state index is 0.0487. The lowest BCUT2D eigenvalue weighted by molar-refractivity contribution is -0.384. The van der Waals surface area contributed by atoms with Crippen molar-refractivity contribution >= 4 is 34.4 Å². The highest BCUT2D eigenvalue weighted by Gasteiger charge is 2.20. The predicted molar refractivity (Wildman–Crippen MR) is 144 cm³/mol. The van der Waals surface area contributed by atoms with Crippen LogP contribution in [-0.2, 0) is 0 Å². The fourth-order valence-corrected chi connectivity index (χ4v) is 4.44. The molecule has 0 amide bonds. The number of rotatable bonds is 8. The highest BCUT2D eigenvalue weighted by Crippen LogP contribution is 2.31. The van der Waals surface area contributed by atoms with E-state index in [2.05, 4.69) is 20.3 Å². The van der Waals surface area contributed by atoms with Crippen LogP contribution >= 0.6 is 11.3 Å². The smallest absolute Gasteiger partial charge is 0.335 e. The number of nitrogens with zero attached hydrogens (tertiary/aromatic N) is 5. The van der Waals surface area contributed by atoms with Gasteiger partial charge in [-0.1, -0.05) is 0 Å². The summed E-state index contributed by atoms with van der Waals surface area (Å²) in [6.45, 7) is 0. The highest BCUT2D eigenvalue weighted by atomic mass is 32.1. The van der Waals surface area contributed by atoms with E-state index in [0.29, 0.717) is 27.8 Å². The largest absolute Gasteiger partial charge is 0.497 e. The quantitative estimate of drug-likeness (QED) is 0.138. The van der Waals surface area contributed by atoms with Crippen LogP contribution in [0.2, 0.25) is 0 Å². The number of azo groups is 1. The van der Waals surface area contributed by atoms with Crippen LogP contribution in [0.15, 0.2) is 93.2 Å². The van der Waals surface area contributed by atoms with Gasteiger partial charge in [-0.3, -0.25) is 20.0 Å². The molecule has 12 nitrogen and oxygen atoms in total. The molecular weight excluding hydrogens is 524 g/mol. The van der Waals surface area contributed by atoms with Crippen molar-refractivity contribution in [3.8, 4) is 33.4 Å². The molecule has 194 valence electrons. The molecule has 0 fully saturated rings. The SMILES string of the molecule is COc1ccc(-c2csc(-n3[nH]c(-c4ccc([N+](=O)[O-])cc4)c(N=Nc4ccc(C(=O)O)cc4)c3=O)n2)cc1. The number of nitro groups is 1. The number of carbonyl (C=O) groups is 1. The number of ether oxygens (including phenoxy) is 1. The topological polar surface area (TPSA) is 165 Å². The second-order valence-electron chi connectivity index (χ2n) is 8.08. The molecule has 39 heavy (non-hydrogen) atoms. The summed E-state index contributed by atoms with van der Waals surface area (Å²) in [6, 6.07) is 18.6. The summed E-state index contributed by atoms with van der Waals surface area (Å²) < 4.78 is 6.43. The number of methoxy groups -OCH3 is 1. The molecule has 0 aliphatic rings. The van der Waals surface area contributed by atoms with Gasteiger partial charge in [0, 0.05) is 28.6 Å². The maximum Gasteiger partial charge on any atom is 0.335 e. The van der Waals surface area contributed by atoms with Gasteiger partial charge in [-0.15, -0.1) is 16.5 Å². The summed E-state index contributed by atoms with van der Waals surface area (Å²) in [6.07, 6.45) is 0. The Balaban J connectivity index is 1.56. The predicted octanol–water partition coefficient (Wildman–Crippen LogP) is 5.99. The van der Waals surface area contributed by atoms with Gasteiger partial charge in [0.1, 0.15) is 5.75 Å². The Labute approximate surface area is 223 Å². The third kappa shape index (κ3) is 5.19. The van der Waals surface area contributed by atoms with E-state index in [1.54, 1.807) is 12.5 Å². The molecule has 0 saturated carbocycles. The van der Waals surface area contributed by atoms with Crippen LogP contribution < -0.4 is 10.3 Å². The first kappa shape index (κ1) is 25.2. The van der Waals surface area contributed by atoms with Gasteiger partial charge >= 0.3 is 11.5 Å². The first-order chi connectivity index (χ1) is 18.8. The maximum absolute atomic E-state index is 13.5. The molecule has 13 heteroatoms. The number of nitrogens with one attached hydrogen (secondary N) is 1. The molecule has 0 unspecified atom stereocenters. The van der Waals surface area contributed by atoms with Gasteiger partial charge in [0.25, 0.3) is 5.69 Å². The molecule has 3 aromatic carbocycles. The summed E-state index contributed by atoms with van der Waals surface area (Å²) in [5.41, 5.74) is 1.96. The molecule has 2 N–H and O–H groups in total. The van der Waals surface area contributed by atoms with E-state index in [1.165, 1.54) is 64.5 Å². The van der Waals surface area contributed by atoms with Crippen molar-refractivity contribution in [3.05, 3.63) is 104 Å². The van der Waals surface area contributed by atoms with Gasteiger partial charge in [-0.05, 0) is 60.7 Å². The zero-order chi connectivity index (χ0) is 27.5. The van der Waals surface area contributed by atoms with E-state index in [1.807, 2.05) is 24.3 Å². The maximum atomic E-state index is 13.5. The molecule has 5 aromatic rings. The van der Waals surface area contributed by atoms with Gasteiger partial charge in [0.2, 0.25) is 5.13 Å². The number of aromatic amines is 1. The van der Waals surface area contributed by atoms with Crippen molar-refractivity contribution < 1.29 is 19.6 Å². The molecular formula is C26H18N6O6S. The van der Waals surface area contributed by atoms with E-state index in [9.17, 15) is 19.7 Å². The average molecular weight is 543 g/mol. The second kappa shape index (κ2) is 10.5. The van der Waals surface area contributed by atoms with Crippen molar-refractivity contribution in [1.29, 1.82) is 0 Å². The number of H-pyrrole nitrogens is 1. The molecule has 0 saturated heterocycles. The summed E-state index contributed by atoms with van der Waals surface area (Å²) >= 11 is 1.24. The van der Waals surface area contributed by atoms with Crippen molar-refractivity contribution in [2.24, 2.45) is 10.2 Å². The molecule has 0 bridgehead atoms. The van der Waals surface area contributed by atoms with Crippen LogP contribution in [0.3, 0.4) is 0 Å². The van der Waals surface area contributed by atoms with Crippen LogP contribution in [-0.4, -0.2) is 37.9 Å². The van der Waals surface area contributed by atoms with Crippen LogP contribution in [0, 0.1) is 10.1 Å². The Morgan fingerprint density at radius 3 is 2.31 bits per heavy atom. The average Bonchev–Trinajstić information content (AvgIpc) is 3.57. The molecule has 0 aliphatic carbocycles. The van der Waals surface area contributed by atoms with Crippen LogP contribution in [0.1, 0.15) is 10.4 Å². The first-order valence-corrected chi connectivity index (χ1v) is 12.2. The van der Waals surface area contributed by atoms with Gasteiger partial charge in [-0.25, -0.2) is 9.78 Å². The molecule has 5 rings (SSSR count). The highest BCUT2D eigenvalue weighted by molar-refractivity contribution is 7.12. The third-order valence-electron chi connectivity index (χ3n) is 5.68. The van der Waals surface area contributed by atoms with Crippen molar-refractivity contribution in [3.63, 3.8) is 0 Å². The van der Waals surface area contributed by atoms with E-state index < -0.39 is 16.5 Å². The van der Waals surface area contributed by atoms with Crippen molar-refractivity contribution in [2.45, 2.75) is 0 Å². The molecule has 0 aliphatic heterocycles. The Hall–Kier alpha value is -5.43. The van der Waals surface area contributed by atoms with E-state index in [-0.39, 0.29) is 22.6 Å². The standard InChI is InChI=1S/C26H18N6O6S/c1-38-20-12-6-15(7-13-20)21-14-39-26(27-21)31-24(33)23(29-28-18-8-2-17(3-9-18)25(34)35)22(30-31)16-4-10-19(11-5-16)32(36)37/h2-14,30H,1H3,(H,34,35). The number of nitro benzene ring substituents is 1. The van der Waals surface area contributed by atoms with E-state index in [0.717, 1.165) is 5.56 Å². The second-order valence-corrected chi connectivity index (χ2v) is 8.91. The summed E-state index contributed by atoms with van der Waals surface area (Å²) in [7, 11) is 1.58. The molecule has 2 heterocycles. The Kier molecular flexibility index (Phi) is 6.80. The third-order valence-corrected chi connectivity index (χ3v) is 6.51. The number of aromatic nitrogens is 3. The number of non-ortho nitro benzene ring substituents is 1. The summed E-state index contributed by atoms with van der Waals surface area (Å²) in [5.74, 6) is -0.375. The number of aromatic carboxylic acids is 1. The number of carboxylic acid groups (broad SMARTS) is 1. The number of hydrogen-bond acceptors (Lipinski definition) is 9. The minimum atomic E-state index is -1.08. The van der Waals surface area contributed by atoms with Crippen LogP contribution in [0.5, 0.6) is 5.75 Å². The lowest BCUT2D eigenvalue weighted by Crippen LogP contribution is -2.13. The summed E-state index contributed by atoms with van der Waals surface area (Å²) in [5, 5.41) is 33.6. The Bertz CT molecular complexity index is 1750. The zero-order valence-electron chi connectivity index (χ0n) is 20.1. The van der Waals surface area contributed by atoms with Crippen molar-refractivity contribution in [2.75, 3.05) is 7.11 Å². The number of hydrogen-bond donors (Lipinski definition) is 2. The first-order valence-electron chi connectivity index (χ1n) is 11.3.